The first-order chi connectivity index (χ1) is 15.9. The molecule has 9 nitrogen and oxygen atoms in total. The number of aryl methyl sites for hydroxylation is 2. The maximum Gasteiger partial charge on any atom is 0.329 e. The van der Waals surface area contributed by atoms with Crippen molar-refractivity contribution in [3.8, 4) is 5.75 Å². The largest absolute Gasteiger partial charge is 0.508 e. The van der Waals surface area contributed by atoms with Crippen LogP contribution in [0.3, 0.4) is 0 Å². The van der Waals surface area contributed by atoms with Crippen molar-refractivity contribution in [1.29, 1.82) is 0 Å². The number of rotatable bonds is 12. The van der Waals surface area contributed by atoms with Gasteiger partial charge in [0.1, 0.15) is 5.75 Å². The first-order valence-corrected chi connectivity index (χ1v) is 11.7. The molecule has 3 rings (SSSR count). The Morgan fingerprint density at radius 1 is 1.06 bits per heavy atom. The molecule has 3 aromatic rings. The lowest BCUT2D eigenvalue weighted by atomic mass is 10.1. The molecule has 33 heavy (non-hydrogen) atoms. The van der Waals surface area contributed by atoms with E-state index in [0.29, 0.717) is 29.4 Å². The number of H-pyrrole nitrogens is 1. The summed E-state index contributed by atoms with van der Waals surface area (Å²) in [5.74, 6) is 0.601. The average Bonchev–Trinajstić information content (AvgIpc) is 3.17. The lowest BCUT2D eigenvalue weighted by molar-refractivity contribution is 0.475. The molecule has 2 heterocycles. The van der Waals surface area contributed by atoms with E-state index in [-0.39, 0.29) is 5.75 Å². The van der Waals surface area contributed by atoms with Gasteiger partial charge >= 0.3 is 5.69 Å². The van der Waals surface area contributed by atoms with Gasteiger partial charge < -0.3 is 9.67 Å². The summed E-state index contributed by atoms with van der Waals surface area (Å²) >= 11 is 0. The molecule has 9 heteroatoms. The number of anilines is 1. The van der Waals surface area contributed by atoms with E-state index < -0.39 is 11.2 Å². The van der Waals surface area contributed by atoms with Crippen LogP contribution in [0.5, 0.6) is 5.75 Å². The molecule has 0 bridgehead atoms. The second kappa shape index (κ2) is 11.5. The second-order valence-corrected chi connectivity index (χ2v) is 8.41. The number of aromatic amines is 1. The highest BCUT2D eigenvalue weighted by Crippen LogP contribution is 2.18. The molecule has 0 saturated heterocycles. The van der Waals surface area contributed by atoms with Gasteiger partial charge in [0, 0.05) is 13.6 Å². The zero-order chi connectivity index (χ0) is 23.8. The Morgan fingerprint density at radius 2 is 1.70 bits per heavy atom. The molecule has 0 aliphatic heterocycles. The highest BCUT2D eigenvalue weighted by atomic mass is 16.3. The smallest absolute Gasteiger partial charge is 0.329 e. The van der Waals surface area contributed by atoms with Gasteiger partial charge in [-0.2, -0.15) is 10.1 Å². The molecule has 0 unspecified atom stereocenters. The zero-order valence-electron chi connectivity index (χ0n) is 19.7. The first-order valence-electron chi connectivity index (χ1n) is 11.7. The van der Waals surface area contributed by atoms with Crippen LogP contribution in [0.1, 0.15) is 70.8 Å². The SMILES string of the molecule is CCCCCCCCCCn1c(N/N=C(\C)c2ccc(O)cc2)nc2c1c(=O)[nH]c(=O)n2C. The minimum absolute atomic E-state index is 0.187. The lowest BCUT2D eigenvalue weighted by Gasteiger charge is -2.09. The third-order valence-corrected chi connectivity index (χ3v) is 5.85. The van der Waals surface area contributed by atoms with Crippen LogP contribution < -0.4 is 16.7 Å². The number of phenolic OH excluding ortho intramolecular Hbond substituents is 1. The molecule has 0 aliphatic rings. The van der Waals surface area contributed by atoms with Crippen LogP contribution in [0.2, 0.25) is 0 Å². The van der Waals surface area contributed by atoms with E-state index in [9.17, 15) is 14.7 Å². The van der Waals surface area contributed by atoms with Crippen molar-refractivity contribution in [2.75, 3.05) is 5.43 Å². The second-order valence-electron chi connectivity index (χ2n) is 8.41. The van der Waals surface area contributed by atoms with Crippen LogP contribution in [0.15, 0.2) is 39.0 Å². The van der Waals surface area contributed by atoms with E-state index in [1.807, 2.05) is 6.92 Å². The van der Waals surface area contributed by atoms with Crippen LogP contribution in [-0.2, 0) is 13.6 Å². The fourth-order valence-electron chi connectivity index (χ4n) is 3.84. The molecule has 1 aromatic carbocycles. The Balaban J connectivity index is 1.79. The molecular formula is C24H34N6O3. The molecule has 0 saturated carbocycles. The number of hydrogen-bond donors (Lipinski definition) is 3. The Morgan fingerprint density at radius 3 is 2.36 bits per heavy atom. The highest BCUT2D eigenvalue weighted by molar-refractivity contribution is 5.99. The number of benzene rings is 1. The third-order valence-electron chi connectivity index (χ3n) is 5.85. The molecular weight excluding hydrogens is 420 g/mol. The summed E-state index contributed by atoms with van der Waals surface area (Å²) in [6, 6.07) is 6.74. The number of nitrogens with one attached hydrogen (secondary N) is 2. The van der Waals surface area contributed by atoms with Crippen molar-refractivity contribution < 1.29 is 5.11 Å². The van der Waals surface area contributed by atoms with Gasteiger partial charge in [0.05, 0.1) is 5.71 Å². The van der Waals surface area contributed by atoms with Crippen LogP contribution in [0.4, 0.5) is 5.95 Å². The minimum Gasteiger partial charge on any atom is -0.508 e. The molecule has 3 N–H and O–H groups in total. The topological polar surface area (TPSA) is 117 Å². The van der Waals surface area contributed by atoms with Crippen molar-refractivity contribution in [2.24, 2.45) is 12.1 Å². The Labute approximate surface area is 193 Å². The number of unbranched alkanes of at least 4 members (excludes halogenated alkanes) is 7. The van der Waals surface area contributed by atoms with Gasteiger partial charge in [-0.3, -0.25) is 14.3 Å². The maximum atomic E-state index is 12.6. The molecule has 178 valence electrons. The van der Waals surface area contributed by atoms with Gasteiger partial charge in [-0.05, 0) is 43.2 Å². The van der Waals surface area contributed by atoms with Crippen molar-refractivity contribution in [1.82, 2.24) is 19.1 Å². The number of fused-ring (bicyclic) bond motifs is 1. The van der Waals surface area contributed by atoms with Crippen molar-refractivity contribution >= 4 is 22.8 Å². The molecule has 0 radical (unpaired) electrons. The predicted octanol–water partition coefficient (Wildman–Crippen LogP) is 4.11. The monoisotopic (exact) mass is 454 g/mol. The maximum absolute atomic E-state index is 12.6. The predicted molar refractivity (Wildman–Crippen MR) is 132 cm³/mol. The normalized spacial score (nSPS) is 11.9. The van der Waals surface area contributed by atoms with Crippen molar-refractivity contribution in [3.63, 3.8) is 0 Å². The summed E-state index contributed by atoms with van der Waals surface area (Å²) < 4.78 is 3.14. The summed E-state index contributed by atoms with van der Waals surface area (Å²) in [6.45, 7) is 4.66. The fourth-order valence-corrected chi connectivity index (χ4v) is 3.84. The fraction of sp³-hybridized carbons (Fsp3) is 0.500. The number of hydrogen-bond acceptors (Lipinski definition) is 6. The van der Waals surface area contributed by atoms with Crippen molar-refractivity contribution in [2.45, 2.75) is 71.8 Å². The Bertz CT molecular complexity index is 1200. The summed E-state index contributed by atoms with van der Waals surface area (Å²) in [5, 5.41) is 13.9. The van der Waals surface area contributed by atoms with Gasteiger partial charge in [-0.1, -0.05) is 51.9 Å². The van der Waals surface area contributed by atoms with E-state index >= 15 is 0 Å². The van der Waals surface area contributed by atoms with E-state index in [2.05, 4.69) is 27.4 Å². The summed E-state index contributed by atoms with van der Waals surface area (Å²) in [6.07, 6.45) is 9.44. The van der Waals surface area contributed by atoms with E-state index in [1.165, 1.54) is 36.7 Å². The molecule has 0 atom stereocenters. The van der Waals surface area contributed by atoms with Crippen LogP contribution >= 0.6 is 0 Å². The third kappa shape index (κ3) is 6.12. The Hall–Kier alpha value is -3.36. The number of phenols is 1. The number of aromatic hydroxyl groups is 1. The van der Waals surface area contributed by atoms with E-state index in [4.69, 9.17) is 0 Å². The number of hydrazone groups is 1. The van der Waals surface area contributed by atoms with Crippen LogP contribution in [0.25, 0.3) is 11.2 Å². The zero-order valence-corrected chi connectivity index (χ0v) is 19.7. The van der Waals surface area contributed by atoms with Gasteiger partial charge in [-0.15, -0.1) is 0 Å². The summed E-state index contributed by atoms with van der Waals surface area (Å²) in [5.41, 5.74) is 4.25. The van der Waals surface area contributed by atoms with Gasteiger partial charge in [0.15, 0.2) is 11.2 Å². The van der Waals surface area contributed by atoms with Gasteiger partial charge in [0.25, 0.3) is 5.56 Å². The Kier molecular flexibility index (Phi) is 8.46. The molecule has 0 spiro atoms. The standard InChI is InChI=1S/C24H34N6O3/c1-4-5-6-7-8-9-10-11-16-30-20-21(29(3)24(33)26-22(20)32)25-23(30)28-27-17(2)18-12-14-19(31)15-13-18/h12-15,31H,4-11,16H2,1-3H3,(H,25,28)(H,26,32,33)/b27-17+. The quantitative estimate of drug-likeness (QED) is 0.216. The molecule has 0 amide bonds. The summed E-state index contributed by atoms with van der Waals surface area (Å²) in [4.78, 5) is 31.5. The van der Waals surface area contributed by atoms with Crippen LogP contribution in [0, 0.1) is 0 Å². The number of nitrogens with zero attached hydrogens (tertiary/aromatic N) is 4. The van der Waals surface area contributed by atoms with E-state index in [0.717, 1.165) is 24.8 Å². The molecule has 2 aromatic heterocycles. The first kappa shape index (κ1) is 24.3. The number of aromatic nitrogens is 4. The van der Waals surface area contributed by atoms with E-state index in [1.54, 1.807) is 35.9 Å². The molecule has 0 fully saturated rings. The lowest BCUT2D eigenvalue weighted by Crippen LogP contribution is -2.29. The summed E-state index contributed by atoms with van der Waals surface area (Å²) in [7, 11) is 1.59. The highest BCUT2D eigenvalue weighted by Gasteiger charge is 2.17. The van der Waals surface area contributed by atoms with Crippen LogP contribution in [-0.4, -0.2) is 29.9 Å². The van der Waals surface area contributed by atoms with Crippen molar-refractivity contribution in [3.05, 3.63) is 50.7 Å². The minimum atomic E-state index is -0.500. The molecule has 0 aliphatic carbocycles. The van der Waals surface area contributed by atoms with Gasteiger partial charge in [0.2, 0.25) is 5.95 Å². The van der Waals surface area contributed by atoms with Gasteiger partial charge in [-0.25, -0.2) is 10.2 Å². The number of imidazole rings is 1. The average molecular weight is 455 g/mol.